The van der Waals surface area contributed by atoms with Crippen LogP contribution in [0.25, 0.3) is 5.65 Å². The second-order valence-electron chi connectivity index (χ2n) is 6.10. The van der Waals surface area contributed by atoms with E-state index in [9.17, 15) is 0 Å². The molecule has 122 valence electrons. The number of aromatic nitrogens is 5. The maximum atomic E-state index is 4.74. The Kier molecular flexibility index (Phi) is 4.07. The number of nitrogens with zero attached hydrogens (tertiary/aromatic N) is 6. The van der Waals surface area contributed by atoms with Crippen molar-refractivity contribution in [3.05, 3.63) is 41.0 Å². The number of rotatable bonds is 5. The molecule has 0 aliphatic carbocycles. The molecule has 3 aromatic heterocycles. The van der Waals surface area contributed by atoms with E-state index in [-0.39, 0.29) is 0 Å². The van der Waals surface area contributed by atoms with Crippen LogP contribution in [0.4, 0.5) is 5.82 Å². The lowest BCUT2D eigenvalue weighted by Crippen LogP contribution is -2.23. The van der Waals surface area contributed by atoms with Crippen molar-refractivity contribution in [3.63, 3.8) is 0 Å². The molecule has 0 saturated carbocycles. The van der Waals surface area contributed by atoms with E-state index in [4.69, 9.17) is 4.98 Å². The predicted octanol–water partition coefficient (Wildman–Crippen LogP) is 2.32. The van der Waals surface area contributed by atoms with Gasteiger partial charge in [0.2, 0.25) is 0 Å². The molecule has 6 heteroatoms. The van der Waals surface area contributed by atoms with Crippen molar-refractivity contribution < 1.29 is 0 Å². The van der Waals surface area contributed by atoms with Crippen LogP contribution in [0, 0.1) is 13.8 Å². The van der Waals surface area contributed by atoms with Gasteiger partial charge in [-0.2, -0.15) is 14.7 Å². The third-order valence-corrected chi connectivity index (χ3v) is 4.34. The number of hydrogen-bond donors (Lipinski definition) is 0. The summed E-state index contributed by atoms with van der Waals surface area (Å²) in [6.45, 7) is 7.17. The molecular formula is C17H24N6. The van der Waals surface area contributed by atoms with Gasteiger partial charge in [0.1, 0.15) is 5.82 Å². The molecule has 0 atom stereocenters. The summed E-state index contributed by atoms with van der Waals surface area (Å²) in [7, 11) is 4.05. The van der Waals surface area contributed by atoms with E-state index >= 15 is 0 Å². The molecule has 0 amide bonds. The van der Waals surface area contributed by atoms with Crippen molar-refractivity contribution in [1.82, 2.24) is 24.4 Å². The van der Waals surface area contributed by atoms with Crippen molar-refractivity contribution in [2.24, 2.45) is 7.05 Å². The highest BCUT2D eigenvalue weighted by atomic mass is 15.3. The fourth-order valence-corrected chi connectivity index (χ4v) is 2.73. The molecule has 23 heavy (non-hydrogen) atoms. The summed E-state index contributed by atoms with van der Waals surface area (Å²) in [6.07, 6.45) is 5.86. The highest BCUT2D eigenvalue weighted by molar-refractivity contribution is 5.56. The summed E-state index contributed by atoms with van der Waals surface area (Å²) in [5, 5.41) is 8.89. The third-order valence-electron chi connectivity index (χ3n) is 4.34. The Hall–Kier alpha value is -2.37. The number of aryl methyl sites for hydroxylation is 4. The van der Waals surface area contributed by atoms with Gasteiger partial charge >= 0.3 is 0 Å². The summed E-state index contributed by atoms with van der Waals surface area (Å²) in [5.74, 6) is 1.09. The second-order valence-corrected chi connectivity index (χ2v) is 6.10. The van der Waals surface area contributed by atoms with Crippen LogP contribution in [-0.2, 0) is 19.9 Å². The highest BCUT2D eigenvalue weighted by Gasteiger charge is 2.14. The highest BCUT2D eigenvalue weighted by Crippen LogP contribution is 2.21. The zero-order valence-electron chi connectivity index (χ0n) is 14.5. The third kappa shape index (κ3) is 2.93. The maximum absolute atomic E-state index is 4.74. The largest absolute Gasteiger partial charge is 0.359 e. The summed E-state index contributed by atoms with van der Waals surface area (Å²) in [5.41, 5.74) is 5.50. The molecule has 0 spiro atoms. The molecule has 0 saturated heterocycles. The molecule has 0 fully saturated rings. The van der Waals surface area contributed by atoms with E-state index in [0.29, 0.717) is 0 Å². The second kappa shape index (κ2) is 6.02. The van der Waals surface area contributed by atoms with Crippen LogP contribution in [0.3, 0.4) is 0 Å². The van der Waals surface area contributed by atoms with E-state index in [1.54, 1.807) is 0 Å². The molecule has 0 unspecified atom stereocenters. The van der Waals surface area contributed by atoms with Gasteiger partial charge in [0.05, 0.1) is 11.9 Å². The zero-order chi connectivity index (χ0) is 16.6. The standard InChI is InChI=1S/C17H24N6/c1-6-15-9-16(23-17(19-15)12(2)13(3)20-23)21(4)8-7-14-10-18-22(5)11-14/h9-11H,6-8H2,1-5H3. The monoisotopic (exact) mass is 312 g/mol. The van der Waals surface area contributed by atoms with Crippen LogP contribution in [-0.4, -0.2) is 38.0 Å². The molecule has 3 rings (SSSR count). The molecular weight excluding hydrogens is 288 g/mol. The van der Waals surface area contributed by atoms with Crippen molar-refractivity contribution >= 4 is 11.5 Å². The Morgan fingerprint density at radius 2 is 2.04 bits per heavy atom. The van der Waals surface area contributed by atoms with Gasteiger partial charge in [0.25, 0.3) is 0 Å². The van der Waals surface area contributed by atoms with Crippen LogP contribution in [0.5, 0.6) is 0 Å². The summed E-state index contributed by atoms with van der Waals surface area (Å²) in [4.78, 5) is 6.98. The van der Waals surface area contributed by atoms with Gasteiger partial charge in [-0.1, -0.05) is 6.92 Å². The van der Waals surface area contributed by atoms with E-state index < -0.39 is 0 Å². The molecule has 3 aromatic rings. The zero-order valence-corrected chi connectivity index (χ0v) is 14.5. The molecule has 3 heterocycles. The summed E-state index contributed by atoms with van der Waals surface area (Å²) >= 11 is 0. The Balaban J connectivity index is 1.92. The molecule has 0 radical (unpaired) electrons. The average molecular weight is 312 g/mol. The molecule has 6 nitrogen and oxygen atoms in total. The Morgan fingerprint density at radius 3 is 2.70 bits per heavy atom. The Bertz CT molecular complexity index is 829. The first kappa shape index (κ1) is 15.5. The first-order valence-corrected chi connectivity index (χ1v) is 8.04. The average Bonchev–Trinajstić information content (AvgIpc) is 3.08. The van der Waals surface area contributed by atoms with Gasteiger partial charge in [-0.15, -0.1) is 0 Å². The number of anilines is 1. The van der Waals surface area contributed by atoms with Crippen LogP contribution in [0.1, 0.15) is 29.4 Å². The number of likely N-dealkylation sites (N-methyl/N-ethyl adjacent to an activating group) is 1. The van der Waals surface area contributed by atoms with E-state index in [2.05, 4.69) is 48.3 Å². The Morgan fingerprint density at radius 1 is 1.26 bits per heavy atom. The molecule has 0 aliphatic rings. The van der Waals surface area contributed by atoms with Gasteiger partial charge in [0.15, 0.2) is 5.65 Å². The molecule has 0 aliphatic heterocycles. The molecule has 0 bridgehead atoms. The van der Waals surface area contributed by atoms with Crippen molar-refractivity contribution in [1.29, 1.82) is 0 Å². The van der Waals surface area contributed by atoms with Crippen LogP contribution >= 0.6 is 0 Å². The Labute approximate surface area is 136 Å². The van der Waals surface area contributed by atoms with E-state index in [1.165, 1.54) is 5.56 Å². The fourth-order valence-electron chi connectivity index (χ4n) is 2.73. The summed E-state index contributed by atoms with van der Waals surface area (Å²) < 4.78 is 3.81. The van der Waals surface area contributed by atoms with Gasteiger partial charge < -0.3 is 4.90 Å². The van der Waals surface area contributed by atoms with Crippen LogP contribution in [0.2, 0.25) is 0 Å². The van der Waals surface area contributed by atoms with Gasteiger partial charge in [0, 0.05) is 44.2 Å². The fraction of sp³-hybridized carbons (Fsp3) is 0.471. The van der Waals surface area contributed by atoms with Crippen LogP contribution < -0.4 is 4.90 Å². The molecule has 0 aromatic carbocycles. The lowest BCUT2D eigenvalue weighted by molar-refractivity contribution is 0.765. The van der Waals surface area contributed by atoms with Gasteiger partial charge in [-0.3, -0.25) is 4.68 Å². The topological polar surface area (TPSA) is 51.2 Å². The number of hydrogen-bond acceptors (Lipinski definition) is 4. The van der Waals surface area contributed by atoms with Crippen molar-refractivity contribution in [2.45, 2.75) is 33.6 Å². The van der Waals surface area contributed by atoms with Gasteiger partial charge in [-0.05, 0) is 32.3 Å². The van der Waals surface area contributed by atoms with Crippen LogP contribution in [0.15, 0.2) is 18.5 Å². The number of fused-ring (bicyclic) bond motifs is 1. The van der Waals surface area contributed by atoms with Crippen molar-refractivity contribution in [2.75, 3.05) is 18.5 Å². The molecule has 0 N–H and O–H groups in total. The minimum absolute atomic E-state index is 0.909. The lowest BCUT2D eigenvalue weighted by atomic mass is 10.2. The first-order chi connectivity index (χ1) is 11.0. The minimum atomic E-state index is 0.909. The van der Waals surface area contributed by atoms with E-state index in [0.717, 1.165) is 47.8 Å². The minimum Gasteiger partial charge on any atom is -0.359 e. The summed E-state index contributed by atoms with van der Waals surface area (Å²) in [6, 6.07) is 2.14. The van der Waals surface area contributed by atoms with E-state index in [1.807, 2.05) is 29.4 Å². The van der Waals surface area contributed by atoms with Crippen molar-refractivity contribution in [3.8, 4) is 0 Å². The van der Waals surface area contributed by atoms with Gasteiger partial charge in [-0.25, -0.2) is 4.98 Å². The predicted molar refractivity (Wildman–Crippen MR) is 92.0 cm³/mol. The first-order valence-electron chi connectivity index (χ1n) is 8.04. The quantitative estimate of drug-likeness (QED) is 0.725. The normalized spacial score (nSPS) is 11.3. The SMILES string of the molecule is CCc1cc(N(C)CCc2cnn(C)c2)n2nc(C)c(C)c2n1. The lowest BCUT2D eigenvalue weighted by Gasteiger charge is -2.20. The maximum Gasteiger partial charge on any atom is 0.160 e. The smallest absolute Gasteiger partial charge is 0.160 e.